The van der Waals surface area contributed by atoms with E-state index in [1.54, 1.807) is 0 Å². The Morgan fingerprint density at radius 1 is 1.19 bits per heavy atom. The van der Waals surface area contributed by atoms with Crippen LogP contribution < -0.4 is 10.6 Å². The average Bonchev–Trinajstić information content (AvgIpc) is 2.52. The number of aliphatic hydroxyl groups is 1. The van der Waals surface area contributed by atoms with Gasteiger partial charge in [0.15, 0.2) is 0 Å². The van der Waals surface area contributed by atoms with Crippen LogP contribution in [0, 0.1) is 5.41 Å². The smallest absolute Gasteiger partial charge is 0.315 e. The summed E-state index contributed by atoms with van der Waals surface area (Å²) in [4.78, 5) is 23.0. The standard InChI is InChI=1S/C15H28N2O4/c1-15(2,3)12(9-13(19)20)17-14(21)16-10-7-5-4-6-8-11(10)18/h10-12,18H,4-9H2,1-3H3,(H,19,20)(H2,16,17,21). The molecule has 0 aromatic carbocycles. The SMILES string of the molecule is CC(C)(C)C(CC(=O)O)NC(=O)NC1CCCCCC1O. The Morgan fingerprint density at radius 2 is 1.81 bits per heavy atom. The van der Waals surface area contributed by atoms with E-state index in [0.717, 1.165) is 25.7 Å². The first kappa shape index (κ1) is 17.8. The molecule has 0 aromatic heterocycles. The fourth-order valence-electron chi connectivity index (χ4n) is 2.57. The molecule has 0 aliphatic heterocycles. The van der Waals surface area contributed by atoms with Gasteiger partial charge >= 0.3 is 12.0 Å². The number of carbonyl (C=O) groups is 2. The lowest BCUT2D eigenvalue weighted by Gasteiger charge is -2.31. The molecular weight excluding hydrogens is 272 g/mol. The largest absolute Gasteiger partial charge is 0.481 e. The van der Waals surface area contributed by atoms with Crippen LogP contribution in [0.3, 0.4) is 0 Å². The molecule has 6 heteroatoms. The third kappa shape index (κ3) is 6.33. The molecule has 1 aliphatic rings. The van der Waals surface area contributed by atoms with Crippen LogP contribution in [0.1, 0.15) is 59.3 Å². The number of urea groups is 1. The number of nitrogens with one attached hydrogen (secondary N) is 2. The van der Waals surface area contributed by atoms with Crippen LogP contribution in [0.2, 0.25) is 0 Å². The van der Waals surface area contributed by atoms with E-state index in [0.29, 0.717) is 6.42 Å². The number of amides is 2. The van der Waals surface area contributed by atoms with Gasteiger partial charge in [-0.1, -0.05) is 40.0 Å². The average molecular weight is 300 g/mol. The van der Waals surface area contributed by atoms with Crippen molar-refractivity contribution in [1.82, 2.24) is 10.6 Å². The van der Waals surface area contributed by atoms with Gasteiger partial charge in [-0.25, -0.2) is 4.79 Å². The zero-order chi connectivity index (χ0) is 16.0. The second kappa shape index (κ2) is 7.64. The molecule has 21 heavy (non-hydrogen) atoms. The lowest BCUT2D eigenvalue weighted by atomic mass is 9.85. The maximum atomic E-state index is 12.1. The molecule has 1 fully saturated rings. The Kier molecular flexibility index (Phi) is 6.45. The highest BCUT2D eigenvalue weighted by Crippen LogP contribution is 2.22. The van der Waals surface area contributed by atoms with Crippen molar-refractivity contribution in [3.8, 4) is 0 Å². The van der Waals surface area contributed by atoms with Crippen LogP contribution in [0.4, 0.5) is 4.79 Å². The van der Waals surface area contributed by atoms with E-state index in [1.807, 2.05) is 20.8 Å². The Bertz CT molecular complexity index is 365. The van der Waals surface area contributed by atoms with Crippen molar-refractivity contribution in [2.45, 2.75) is 77.5 Å². The molecule has 0 spiro atoms. The Hall–Kier alpha value is -1.30. The first-order valence-electron chi connectivity index (χ1n) is 7.67. The molecule has 0 heterocycles. The topological polar surface area (TPSA) is 98.7 Å². The number of carboxylic acids is 1. The summed E-state index contributed by atoms with van der Waals surface area (Å²) in [7, 11) is 0. The highest BCUT2D eigenvalue weighted by molar-refractivity contribution is 5.76. The summed E-state index contributed by atoms with van der Waals surface area (Å²) in [5.74, 6) is -0.940. The molecule has 0 aromatic rings. The second-order valence-electron chi connectivity index (χ2n) is 6.95. The van der Waals surface area contributed by atoms with Gasteiger partial charge in [-0.15, -0.1) is 0 Å². The molecule has 1 rings (SSSR count). The predicted molar refractivity (Wildman–Crippen MR) is 80.0 cm³/mol. The summed E-state index contributed by atoms with van der Waals surface area (Å²) < 4.78 is 0. The van der Waals surface area contributed by atoms with Gasteiger partial charge in [-0.3, -0.25) is 4.79 Å². The molecule has 2 amide bonds. The molecule has 1 saturated carbocycles. The van der Waals surface area contributed by atoms with E-state index in [9.17, 15) is 14.7 Å². The second-order valence-corrected chi connectivity index (χ2v) is 6.95. The zero-order valence-electron chi connectivity index (χ0n) is 13.2. The van der Waals surface area contributed by atoms with Crippen LogP contribution >= 0.6 is 0 Å². The third-order valence-electron chi connectivity index (χ3n) is 4.03. The monoisotopic (exact) mass is 300 g/mol. The molecule has 0 saturated heterocycles. The van der Waals surface area contributed by atoms with E-state index in [1.165, 1.54) is 0 Å². The van der Waals surface area contributed by atoms with Crippen LogP contribution in [0.25, 0.3) is 0 Å². The first-order valence-corrected chi connectivity index (χ1v) is 7.67. The summed E-state index contributed by atoms with van der Waals surface area (Å²) in [5, 5.41) is 24.5. The summed E-state index contributed by atoms with van der Waals surface area (Å²) in [6.45, 7) is 5.67. The normalized spacial score (nSPS) is 24.8. The Labute approximate surface area is 126 Å². The van der Waals surface area contributed by atoms with Crippen molar-refractivity contribution < 1.29 is 19.8 Å². The third-order valence-corrected chi connectivity index (χ3v) is 4.03. The number of aliphatic carboxylic acids is 1. The Balaban J connectivity index is 2.58. The molecular formula is C15H28N2O4. The highest BCUT2D eigenvalue weighted by atomic mass is 16.4. The van der Waals surface area contributed by atoms with E-state index in [-0.39, 0.29) is 17.9 Å². The van der Waals surface area contributed by atoms with E-state index < -0.39 is 24.1 Å². The summed E-state index contributed by atoms with van der Waals surface area (Å²) in [6, 6.07) is -1.11. The van der Waals surface area contributed by atoms with Crippen molar-refractivity contribution in [3.63, 3.8) is 0 Å². The molecule has 3 unspecified atom stereocenters. The molecule has 4 N–H and O–H groups in total. The van der Waals surface area contributed by atoms with E-state index in [2.05, 4.69) is 10.6 Å². The first-order chi connectivity index (χ1) is 9.70. The minimum absolute atomic E-state index is 0.121. The van der Waals surface area contributed by atoms with Gasteiger partial charge in [0.2, 0.25) is 0 Å². The molecule has 0 radical (unpaired) electrons. The number of carbonyl (C=O) groups excluding carboxylic acids is 1. The van der Waals surface area contributed by atoms with Crippen molar-refractivity contribution in [2.75, 3.05) is 0 Å². The summed E-state index contributed by atoms with van der Waals surface area (Å²) in [6.07, 6.45) is 3.84. The zero-order valence-corrected chi connectivity index (χ0v) is 13.2. The van der Waals surface area contributed by atoms with Gasteiger partial charge in [-0.05, 0) is 18.3 Å². The summed E-state index contributed by atoms with van der Waals surface area (Å²) in [5.41, 5.74) is -0.349. The lowest BCUT2D eigenvalue weighted by Crippen LogP contribution is -2.53. The van der Waals surface area contributed by atoms with Crippen LogP contribution in [-0.2, 0) is 4.79 Å². The molecule has 6 nitrogen and oxygen atoms in total. The number of hydrogen-bond acceptors (Lipinski definition) is 3. The molecule has 1 aliphatic carbocycles. The quantitative estimate of drug-likeness (QED) is 0.596. The number of rotatable bonds is 4. The van der Waals surface area contributed by atoms with Crippen LogP contribution in [0.5, 0.6) is 0 Å². The summed E-state index contributed by atoms with van der Waals surface area (Å²) >= 11 is 0. The number of aliphatic hydroxyl groups excluding tert-OH is 1. The van der Waals surface area contributed by atoms with Crippen LogP contribution in [-0.4, -0.2) is 40.4 Å². The minimum atomic E-state index is -0.940. The fourth-order valence-corrected chi connectivity index (χ4v) is 2.57. The van der Waals surface area contributed by atoms with Gasteiger partial charge in [0.1, 0.15) is 0 Å². The maximum Gasteiger partial charge on any atom is 0.315 e. The van der Waals surface area contributed by atoms with E-state index in [4.69, 9.17) is 5.11 Å². The molecule has 0 bridgehead atoms. The maximum absolute atomic E-state index is 12.1. The van der Waals surface area contributed by atoms with Crippen molar-refractivity contribution in [3.05, 3.63) is 0 Å². The lowest BCUT2D eigenvalue weighted by molar-refractivity contribution is -0.138. The molecule has 122 valence electrons. The Morgan fingerprint density at radius 3 is 2.38 bits per heavy atom. The van der Waals surface area contributed by atoms with Gasteiger partial charge in [-0.2, -0.15) is 0 Å². The van der Waals surface area contributed by atoms with Crippen molar-refractivity contribution in [1.29, 1.82) is 0 Å². The highest BCUT2D eigenvalue weighted by Gasteiger charge is 2.30. The molecule has 3 atom stereocenters. The fraction of sp³-hybridized carbons (Fsp3) is 0.867. The van der Waals surface area contributed by atoms with Gasteiger partial charge < -0.3 is 20.8 Å². The number of carboxylic acid groups (broad SMARTS) is 1. The van der Waals surface area contributed by atoms with Crippen molar-refractivity contribution >= 4 is 12.0 Å². The number of hydrogen-bond donors (Lipinski definition) is 4. The van der Waals surface area contributed by atoms with Gasteiger partial charge in [0, 0.05) is 6.04 Å². The van der Waals surface area contributed by atoms with E-state index >= 15 is 0 Å². The predicted octanol–water partition coefficient (Wildman–Crippen LogP) is 1.87. The van der Waals surface area contributed by atoms with Gasteiger partial charge in [0.25, 0.3) is 0 Å². The van der Waals surface area contributed by atoms with Crippen molar-refractivity contribution in [2.24, 2.45) is 5.41 Å². The van der Waals surface area contributed by atoms with Gasteiger partial charge in [0.05, 0.1) is 18.6 Å². The van der Waals surface area contributed by atoms with Crippen LogP contribution in [0.15, 0.2) is 0 Å². The minimum Gasteiger partial charge on any atom is -0.481 e.